The number of hydrogen-bond acceptors (Lipinski definition) is 4. The van der Waals surface area contributed by atoms with Gasteiger partial charge in [-0.1, -0.05) is 11.8 Å². The maximum absolute atomic E-state index is 12.9. The van der Waals surface area contributed by atoms with E-state index >= 15 is 0 Å². The molecule has 0 aliphatic carbocycles. The number of halogens is 3. The highest BCUT2D eigenvalue weighted by atomic mass is 32.2. The summed E-state index contributed by atoms with van der Waals surface area (Å²) in [6.07, 6.45) is 0.360. The van der Waals surface area contributed by atoms with Crippen molar-refractivity contribution in [1.82, 2.24) is 4.31 Å². The second kappa shape index (κ2) is 9.94. The van der Waals surface area contributed by atoms with Crippen molar-refractivity contribution in [2.24, 2.45) is 0 Å². The van der Waals surface area contributed by atoms with E-state index in [4.69, 9.17) is 0 Å². The Kier molecular flexibility index (Phi) is 7.90. The highest BCUT2D eigenvalue weighted by Crippen LogP contribution is 2.26. The Bertz CT molecular complexity index is 889. The number of benzene rings is 2. The average Bonchev–Trinajstić information content (AvgIpc) is 2.63. The second-order valence-electron chi connectivity index (χ2n) is 5.84. The van der Waals surface area contributed by atoms with E-state index in [9.17, 15) is 26.4 Å². The lowest BCUT2D eigenvalue weighted by molar-refractivity contribution is -0.116. The van der Waals surface area contributed by atoms with Crippen molar-refractivity contribution in [3.8, 4) is 0 Å². The molecule has 0 atom stereocenters. The van der Waals surface area contributed by atoms with Crippen molar-refractivity contribution in [2.75, 3.05) is 18.9 Å². The molecule has 28 heavy (non-hydrogen) atoms. The summed E-state index contributed by atoms with van der Waals surface area (Å²) in [5.41, 5.74) is 0.468. The first kappa shape index (κ1) is 22.3. The number of carbonyl (C=O) groups excluding carboxylic acids is 1. The Hall–Kier alpha value is -2.04. The Morgan fingerprint density at radius 3 is 2.29 bits per heavy atom. The van der Waals surface area contributed by atoms with Gasteiger partial charge in [-0.05, 0) is 55.0 Å². The van der Waals surface area contributed by atoms with Gasteiger partial charge in [-0.2, -0.15) is 8.78 Å². The molecule has 0 fully saturated rings. The lowest BCUT2D eigenvalue weighted by Crippen LogP contribution is -2.28. The fourth-order valence-electron chi connectivity index (χ4n) is 2.31. The van der Waals surface area contributed by atoms with Crippen molar-refractivity contribution in [2.45, 2.75) is 28.4 Å². The van der Waals surface area contributed by atoms with Gasteiger partial charge in [-0.3, -0.25) is 4.79 Å². The molecule has 2 rings (SSSR count). The number of amides is 1. The molecule has 2 aromatic rings. The van der Waals surface area contributed by atoms with E-state index < -0.39 is 21.6 Å². The van der Waals surface area contributed by atoms with Crippen LogP contribution < -0.4 is 5.32 Å². The van der Waals surface area contributed by atoms with Crippen molar-refractivity contribution in [1.29, 1.82) is 0 Å². The summed E-state index contributed by atoms with van der Waals surface area (Å²) in [5.74, 6) is -3.36. The van der Waals surface area contributed by atoms with Crippen LogP contribution in [0.3, 0.4) is 0 Å². The van der Waals surface area contributed by atoms with Gasteiger partial charge in [-0.15, -0.1) is 0 Å². The monoisotopic (exact) mass is 432 g/mol. The predicted octanol–water partition coefficient (Wildman–Crippen LogP) is 4.18. The van der Waals surface area contributed by atoms with E-state index in [2.05, 4.69) is 5.32 Å². The summed E-state index contributed by atoms with van der Waals surface area (Å²) in [4.78, 5) is 12.3. The van der Waals surface area contributed by atoms with Gasteiger partial charge in [0.15, 0.2) is 0 Å². The predicted molar refractivity (Wildman–Crippen MR) is 102 cm³/mol. The first-order chi connectivity index (χ1) is 13.2. The minimum Gasteiger partial charge on any atom is -0.326 e. The minimum absolute atomic E-state index is 0.0254. The highest BCUT2D eigenvalue weighted by Gasteiger charge is 2.20. The molecule has 1 amide bonds. The van der Waals surface area contributed by atoms with Crippen molar-refractivity contribution in [3.05, 3.63) is 54.3 Å². The summed E-state index contributed by atoms with van der Waals surface area (Å²) in [6.45, 7) is 0.108. The summed E-state index contributed by atoms with van der Waals surface area (Å²) < 4.78 is 63.3. The Labute approximate surface area is 166 Å². The lowest BCUT2D eigenvalue weighted by atomic mass is 10.2. The summed E-state index contributed by atoms with van der Waals surface area (Å²) in [7, 11) is -2.37. The van der Waals surface area contributed by atoms with E-state index in [1.807, 2.05) is 0 Å². The van der Waals surface area contributed by atoms with Crippen LogP contribution in [0.1, 0.15) is 12.8 Å². The van der Waals surface area contributed by atoms with E-state index in [0.717, 1.165) is 16.4 Å². The fraction of sp³-hybridized carbons (Fsp3) is 0.278. The molecule has 0 bridgehead atoms. The zero-order valence-corrected chi connectivity index (χ0v) is 16.6. The smallest absolute Gasteiger partial charge is 0.288 e. The minimum atomic E-state index is -3.76. The molecule has 5 nitrogen and oxygen atoms in total. The number of nitrogens with zero attached hydrogens (tertiary/aromatic N) is 1. The van der Waals surface area contributed by atoms with Crippen LogP contribution in [0.5, 0.6) is 0 Å². The number of alkyl halides is 2. The van der Waals surface area contributed by atoms with Gasteiger partial charge in [-0.25, -0.2) is 17.1 Å². The third-order valence-corrected chi connectivity index (χ3v) is 6.36. The van der Waals surface area contributed by atoms with Crippen LogP contribution >= 0.6 is 11.8 Å². The van der Waals surface area contributed by atoms with Gasteiger partial charge < -0.3 is 5.32 Å². The van der Waals surface area contributed by atoms with Crippen molar-refractivity contribution in [3.63, 3.8) is 0 Å². The quantitative estimate of drug-likeness (QED) is 0.604. The molecule has 152 valence electrons. The van der Waals surface area contributed by atoms with E-state index in [1.54, 1.807) is 0 Å². The van der Waals surface area contributed by atoms with Gasteiger partial charge in [0.05, 0.1) is 4.90 Å². The molecule has 0 aliphatic heterocycles. The van der Waals surface area contributed by atoms with Gasteiger partial charge in [0.25, 0.3) is 5.76 Å². The molecule has 0 aliphatic rings. The van der Waals surface area contributed by atoms with Crippen molar-refractivity contribution >= 4 is 33.4 Å². The lowest BCUT2D eigenvalue weighted by Gasteiger charge is -2.17. The number of hydrogen-bond donors (Lipinski definition) is 1. The number of sulfonamides is 1. The first-order valence-corrected chi connectivity index (χ1v) is 10.6. The zero-order valence-electron chi connectivity index (χ0n) is 14.9. The molecule has 0 radical (unpaired) electrons. The fourth-order valence-corrected chi connectivity index (χ4v) is 4.02. The van der Waals surface area contributed by atoms with E-state index in [-0.39, 0.29) is 30.2 Å². The Balaban J connectivity index is 1.82. The molecule has 0 unspecified atom stereocenters. The normalized spacial score (nSPS) is 11.8. The molecule has 10 heteroatoms. The van der Waals surface area contributed by atoms with E-state index in [0.29, 0.717) is 22.3 Å². The Morgan fingerprint density at radius 1 is 1.11 bits per heavy atom. The Morgan fingerprint density at radius 2 is 1.71 bits per heavy atom. The zero-order chi connectivity index (χ0) is 20.7. The van der Waals surface area contributed by atoms with Crippen LogP contribution in [0.15, 0.2) is 58.3 Å². The van der Waals surface area contributed by atoms with Crippen LogP contribution in [0.2, 0.25) is 0 Å². The molecule has 1 N–H and O–H groups in total. The standard InChI is InChI=1S/C18H19F3N2O3S2/c1-23(28(25,26)16-10-4-13(19)5-11-16)12-2-3-17(24)22-14-6-8-15(9-7-14)27-18(20)21/h4-11,18H,2-3,12H2,1H3,(H,22,24). The van der Waals surface area contributed by atoms with Gasteiger partial charge >= 0.3 is 0 Å². The topological polar surface area (TPSA) is 66.5 Å². The number of nitrogens with one attached hydrogen (secondary N) is 1. The molecule has 0 heterocycles. The molecular formula is C18H19F3N2O3S2. The third kappa shape index (κ3) is 6.54. The van der Waals surface area contributed by atoms with Crippen LogP contribution in [0.4, 0.5) is 18.9 Å². The number of carbonyl (C=O) groups is 1. The maximum Gasteiger partial charge on any atom is 0.288 e. The SMILES string of the molecule is CN(CCCC(=O)Nc1ccc(SC(F)F)cc1)S(=O)(=O)c1ccc(F)cc1. The van der Waals surface area contributed by atoms with Gasteiger partial charge in [0, 0.05) is 30.6 Å². The molecule has 0 spiro atoms. The summed E-state index contributed by atoms with van der Waals surface area (Å²) in [5, 5.41) is 2.63. The molecule has 0 saturated heterocycles. The van der Waals surface area contributed by atoms with Crippen molar-refractivity contribution < 1.29 is 26.4 Å². The summed E-state index contributed by atoms with van der Waals surface area (Å²) >= 11 is 0.415. The maximum atomic E-state index is 12.9. The molecular weight excluding hydrogens is 413 g/mol. The third-order valence-electron chi connectivity index (χ3n) is 3.76. The molecule has 0 saturated carbocycles. The summed E-state index contributed by atoms with van der Waals surface area (Å²) in [6, 6.07) is 10.5. The second-order valence-corrected chi connectivity index (χ2v) is 8.94. The van der Waals surface area contributed by atoms with E-state index in [1.165, 1.54) is 43.4 Å². The largest absolute Gasteiger partial charge is 0.326 e. The number of thioether (sulfide) groups is 1. The van der Waals surface area contributed by atoms with Crippen LogP contribution in [0.25, 0.3) is 0 Å². The van der Waals surface area contributed by atoms with Crippen LogP contribution in [0, 0.1) is 5.82 Å². The molecule has 0 aromatic heterocycles. The average molecular weight is 432 g/mol. The first-order valence-electron chi connectivity index (χ1n) is 8.25. The molecule has 2 aromatic carbocycles. The highest BCUT2D eigenvalue weighted by molar-refractivity contribution is 7.99. The van der Waals surface area contributed by atoms with Crippen LogP contribution in [-0.2, 0) is 14.8 Å². The number of rotatable bonds is 9. The number of anilines is 1. The van der Waals surface area contributed by atoms with Gasteiger partial charge in [0.2, 0.25) is 15.9 Å². The van der Waals surface area contributed by atoms with Gasteiger partial charge in [0.1, 0.15) is 5.82 Å². The van der Waals surface area contributed by atoms with Crippen LogP contribution in [-0.4, -0.2) is 38.0 Å².